The number of hydrogen-bond acceptors (Lipinski definition) is 2. The summed E-state index contributed by atoms with van der Waals surface area (Å²) >= 11 is 0. The Morgan fingerprint density at radius 1 is 0.519 bits per heavy atom. The topological polar surface area (TPSA) is 18.5 Å². The van der Waals surface area contributed by atoms with Crippen molar-refractivity contribution in [1.29, 1.82) is 0 Å². The molecule has 0 atom stereocenters. The molecule has 0 radical (unpaired) electrons. The summed E-state index contributed by atoms with van der Waals surface area (Å²) in [5.41, 5.74) is -0.512. The van der Waals surface area contributed by atoms with E-state index in [1.54, 1.807) is 0 Å². The molecule has 9 heteroatoms. The van der Waals surface area contributed by atoms with Crippen molar-refractivity contribution in [2.45, 2.75) is 0 Å². The summed E-state index contributed by atoms with van der Waals surface area (Å²) in [6.45, 7) is 0. The third-order valence-electron chi connectivity index (χ3n) is 3.47. The minimum atomic E-state index is -1.85. The lowest BCUT2D eigenvalue weighted by molar-refractivity contribution is 0.400. The molecule has 0 saturated heterocycles. The van der Waals surface area contributed by atoms with Crippen molar-refractivity contribution in [3.05, 3.63) is 89.5 Å². The maximum absolute atomic E-state index is 14.1. The van der Waals surface area contributed by atoms with E-state index in [-0.39, 0.29) is 0 Å². The molecule has 3 aromatic carbocycles. The third kappa shape index (κ3) is 4.36. The van der Waals surface area contributed by atoms with E-state index in [9.17, 15) is 26.3 Å². The molecule has 0 aliphatic rings. The fourth-order valence-electron chi connectivity index (χ4n) is 2.22. The predicted octanol–water partition coefficient (Wildman–Crippen LogP) is 4.37. The Hall–Kier alpha value is -3.10. The molecular weight excluding hydrogens is 373 g/mol. The first-order valence-electron chi connectivity index (χ1n) is 7.52. The Labute approximate surface area is 150 Å². The zero-order chi connectivity index (χ0) is 19.6. The molecule has 2 nitrogen and oxygen atoms in total. The molecule has 0 aliphatic carbocycles. The van der Waals surface area contributed by atoms with E-state index in [0.717, 1.165) is 36.4 Å². The van der Waals surface area contributed by atoms with Crippen LogP contribution < -0.4 is 14.8 Å². The van der Waals surface area contributed by atoms with Crippen molar-refractivity contribution in [2.75, 3.05) is 0 Å². The smallest absolute Gasteiger partial charge is 0.520 e. The molecule has 0 amide bonds. The Kier molecular flexibility index (Phi) is 5.29. The van der Waals surface area contributed by atoms with Gasteiger partial charge in [-0.15, -0.1) is 0 Å². The van der Waals surface area contributed by atoms with Crippen molar-refractivity contribution in [3.8, 4) is 11.5 Å². The van der Waals surface area contributed by atoms with E-state index in [1.807, 2.05) is 0 Å². The van der Waals surface area contributed by atoms with E-state index in [2.05, 4.69) is 0 Å². The largest absolute Gasteiger partial charge is 0.635 e. The molecule has 0 aromatic heterocycles. The fourth-order valence-corrected chi connectivity index (χ4v) is 2.22. The first-order chi connectivity index (χ1) is 12.8. The van der Waals surface area contributed by atoms with Crippen LogP contribution in [0.4, 0.5) is 26.3 Å². The molecule has 0 fully saturated rings. The second kappa shape index (κ2) is 7.65. The highest BCUT2D eigenvalue weighted by Crippen LogP contribution is 2.22. The van der Waals surface area contributed by atoms with Gasteiger partial charge in [0.1, 0.15) is 34.8 Å². The van der Waals surface area contributed by atoms with Gasteiger partial charge in [-0.05, 0) is 42.5 Å². The van der Waals surface area contributed by atoms with Gasteiger partial charge in [-0.1, -0.05) is 0 Å². The van der Waals surface area contributed by atoms with Gasteiger partial charge in [0.05, 0.1) is 5.46 Å². The molecule has 3 aromatic rings. The number of benzene rings is 3. The Morgan fingerprint density at radius 2 is 0.963 bits per heavy atom. The first-order valence-corrected chi connectivity index (χ1v) is 7.52. The van der Waals surface area contributed by atoms with Crippen molar-refractivity contribution in [3.63, 3.8) is 0 Å². The van der Waals surface area contributed by atoms with Gasteiger partial charge in [0.2, 0.25) is 0 Å². The molecular formula is C18H9BF6O2. The molecule has 0 bridgehead atoms. The quantitative estimate of drug-likeness (QED) is 0.482. The molecule has 3 rings (SSSR count). The van der Waals surface area contributed by atoms with Crippen LogP contribution in [0.15, 0.2) is 54.6 Å². The van der Waals surface area contributed by atoms with E-state index in [4.69, 9.17) is 9.31 Å². The van der Waals surface area contributed by atoms with Crippen LogP contribution in [0.2, 0.25) is 0 Å². The second-order valence-corrected chi connectivity index (χ2v) is 5.38. The SMILES string of the molecule is Fc1ccc(OB(Oc2ccc(F)cc2F)c2cc(F)ccc2F)c(F)c1. The monoisotopic (exact) mass is 382 g/mol. The maximum atomic E-state index is 14.1. The maximum Gasteiger partial charge on any atom is 0.635 e. The van der Waals surface area contributed by atoms with Crippen LogP contribution in [-0.2, 0) is 0 Å². The van der Waals surface area contributed by atoms with Crippen LogP contribution in [0.1, 0.15) is 0 Å². The summed E-state index contributed by atoms with van der Waals surface area (Å²) in [4.78, 5) is 0. The molecule has 138 valence electrons. The third-order valence-corrected chi connectivity index (χ3v) is 3.47. The van der Waals surface area contributed by atoms with Crippen LogP contribution in [0.5, 0.6) is 11.5 Å². The summed E-state index contributed by atoms with van der Waals surface area (Å²) in [6, 6.07) is 6.87. The van der Waals surface area contributed by atoms with Crippen LogP contribution in [-0.4, -0.2) is 7.12 Å². The lowest BCUT2D eigenvalue weighted by atomic mass is 9.78. The lowest BCUT2D eigenvalue weighted by Crippen LogP contribution is -2.45. The summed E-state index contributed by atoms with van der Waals surface area (Å²) < 4.78 is 91.8. The van der Waals surface area contributed by atoms with Gasteiger partial charge in [-0.25, -0.2) is 26.3 Å². The fraction of sp³-hybridized carbons (Fsp3) is 0. The predicted molar refractivity (Wildman–Crippen MR) is 85.7 cm³/mol. The molecule has 0 aliphatic heterocycles. The van der Waals surface area contributed by atoms with E-state index < -0.39 is 59.0 Å². The van der Waals surface area contributed by atoms with Gasteiger partial charge >= 0.3 is 7.12 Å². The van der Waals surface area contributed by atoms with Crippen molar-refractivity contribution in [2.24, 2.45) is 0 Å². The number of hydrogen-bond donors (Lipinski definition) is 0. The zero-order valence-electron chi connectivity index (χ0n) is 13.4. The van der Waals surface area contributed by atoms with Crippen LogP contribution in [0.25, 0.3) is 0 Å². The molecule has 0 heterocycles. The average molecular weight is 382 g/mol. The lowest BCUT2D eigenvalue weighted by Gasteiger charge is -2.18. The van der Waals surface area contributed by atoms with Gasteiger partial charge in [0, 0.05) is 12.1 Å². The van der Waals surface area contributed by atoms with Crippen molar-refractivity contribution >= 4 is 12.6 Å². The summed E-state index contributed by atoms with van der Waals surface area (Å²) in [5.74, 6) is -6.99. The van der Waals surface area contributed by atoms with Crippen LogP contribution >= 0.6 is 0 Å². The van der Waals surface area contributed by atoms with Gasteiger partial charge in [0.15, 0.2) is 11.6 Å². The standard InChI is InChI=1S/C18H9BF6O2/c20-10-1-4-14(23)13(7-10)19(26-17-5-2-11(21)8-15(17)24)27-18-6-3-12(22)9-16(18)25/h1-9H. The number of rotatable bonds is 5. The number of halogens is 6. The summed E-state index contributed by atoms with van der Waals surface area (Å²) in [5, 5.41) is 0. The van der Waals surface area contributed by atoms with Crippen molar-refractivity contribution in [1.82, 2.24) is 0 Å². The average Bonchev–Trinajstić information content (AvgIpc) is 2.61. The van der Waals surface area contributed by atoms with E-state index >= 15 is 0 Å². The van der Waals surface area contributed by atoms with E-state index in [0.29, 0.717) is 18.2 Å². The Balaban J connectivity index is 2.01. The van der Waals surface area contributed by atoms with Crippen LogP contribution in [0.3, 0.4) is 0 Å². The molecule has 0 unspecified atom stereocenters. The van der Waals surface area contributed by atoms with E-state index in [1.165, 1.54) is 0 Å². The Bertz CT molecular complexity index is 929. The zero-order valence-corrected chi connectivity index (χ0v) is 13.4. The van der Waals surface area contributed by atoms with Crippen molar-refractivity contribution < 1.29 is 35.7 Å². The highest BCUT2D eigenvalue weighted by molar-refractivity contribution is 6.62. The van der Waals surface area contributed by atoms with Gasteiger partial charge in [-0.3, -0.25) is 0 Å². The van der Waals surface area contributed by atoms with Gasteiger partial charge < -0.3 is 9.31 Å². The Morgan fingerprint density at radius 3 is 1.44 bits per heavy atom. The highest BCUT2D eigenvalue weighted by Gasteiger charge is 2.32. The van der Waals surface area contributed by atoms with Gasteiger partial charge in [0.25, 0.3) is 0 Å². The summed E-state index contributed by atoms with van der Waals surface area (Å²) in [7, 11) is -1.85. The molecule has 0 saturated carbocycles. The minimum Gasteiger partial charge on any atom is -0.520 e. The summed E-state index contributed by atoms with van der Waals surface area (Å²) in [6.07, 6.45) is 0. The second-order valence-electron chi connectivity index (χ2n) is 5.38. The normalized spacial score (nSPS) is 10.6. The van der Waals surface area contributed by atoms with Crippen LogP contribution in [0, 0.1) is 34.9 Å². The first kappa shape index (κ1) is 18.7. The molecule has 0 N–H and O–H groups in total. The highest BCUT2D eigenvalue weighted by atomic mass is 19.2. The van der Waals surface area contributed by atoms with Gasteiger partial charge in [-0.2, -0.15) is 0 Å². The minimum absolute atomic E-state index is 0.507. The molecule has 0 spiro atoms. The molecule has 27 heavy (non-hydrogen) atoms.